The average molecular weight is 378 g/mol. The van der Waals surface area contributed by atoms with Gasteiger partial charge in [0.2, 0.25) is 0 Å². The summed E-state index contributed by atoms with van der Waals surface area (Å²) in [6, 6.07) is 0. The first-order valence-electron chi connectivity index (χ1n) is 10.4. The van der Waals surface area contributed by atoms with Crippen LogP contribution < -0.4 is 0 Å². The van der Waals surface area contributed by atoms with Crippen LogP contribution in [0.25, 0.3) is 0 Å². The fourth-order valence-corrected chi connectivity index (χ4v) is 3.64. The summed E-state index contributed by atoms with van der Waals surface area (Å²) in [5.41, 5.74) is 0. The molecule has 1 saturated heterocycles. The van der Waals surface area contributed by atoms with Gasteiger partial charge in [-0.25, -0.2) is 4.57 Å². The summed E-state index contributed by atoms with van der Waals surface area (Å²) in [4.78, 5) is 9.45. The largest absolute Gasteiger partial charge is 0.472 e. The van der Waals surface area contributed by atoms with Crippen molar-refractivity contribution in [2.45, 2.75) is 103 Å². The van der Waals surface area contributed by atoms with Gasteiger partial charge in [0.15, 0.2) is 0 Å². The average Bonchev–Trinajstić information content (AvgIpc) is 3.41. The Morgan fingerprint density at radius 3 is 1.72 bits per heavy atom. The first-order valence-corrected chi connectivity index (χ1v) is 11.9. The highest BCUT2D eigenvalue weighted by Gasteiger charge is 2.29. The lowest BCUT2D eigenvalue weighted by atomic mass is 10.0. The summed E-state index contributed by atoms with van der Waals surface area (Å²) in [6.45, 7) is 3.31. The third-order valence-corrected chi connectivity index (χ3v) is 5.56. The Hall–Kier alpha value is 0.0700. The minimum atomic E-state index is -3.87. The molecule has 0 radical (unpaired) electrons. The highest BCUT2D eigenvalue weighted by atomic mass is 31.2. The Balaban J connectivity index is 1.73. The normalized spacial score (nSPS) is 19.0. The van der Waals surface area contributed by atoms with Crippen molar-refractivity contribution in [1.29, 1.82) is 0 Å². The van der Waals surface area contributed by atoms with Gasteiger partial charge in [0.25, 0.3) is 0 Å². The molecule has 0 saturated carbocycles. The molecule has 0 spiro atoms. The highest BCUT2D eigenvalue weighted by molar-refractivity contribution is 7.47. The minimum Gasteiger partial charge on any atom is -0.371 e. The molecule has 0 bridgehead atoms. The molecular formula is C19H39O5P. The molecule has 1 aliphatic rings. The van der Waals surface area contributed by atoms with E-state index in [-0.39, 0.29) is 19.3 Å². The van der Waals surface area contributed by atoms with Gasteiger partial charge >= 0.3 is 7.82 Å². The number of epoxide rings is 1. The third kappa shape index (κ3) is 16.0. The molecule has 2 unspecified atom stereocenters. The van der Waals surface area contributed by atoms with Crippen LogP contribution in [0.3, 0.4) is 0 Å². The van der Waals surface area contributed by atoms with E-state index in [9.17, 15) is 9.46 Å². The van der Waals surface area contributed by atoms with E-state index in [2.05, 4.69) is 6.92 Å². The van der Waals surface area contributed by atoms with E-state index in [1.807, 2.05) is 0 Å². The molecule has 0 aromatic rings. The topological polar surface area (TPSA) is 68.3 Å². The molecule has 0 amide bonds. The van der Waals surface area contributed by atoms with Gasteiger partial charge in [-0.3, -0.25) is 9.05 Å². The quantitative estimate of drug-likeness (QED) is 0.170. The van der Waals surface area contributed by atoms with Gasteiger partial charge in [-0.1, -0.05) is 90.4 Å². The van der Waals surface area contributed by atoms with Crippen molar-refractivity contribution in [3.05, 3.63) is 0 Å². The van der Waals surface area contributed by atoms with Crippen molar-refractivity contribution in [2.75, 3.05) is 19.8 Å². The van der Waals surface area contributed by atoms with E-state index < -0.39 is 7.82 Å². The van der Waals surface area contributed by atoms with Crippen molar-refractivity contribution in [3.8, 4) is 0 Å². The summed E-state index contributed by atoms with van der Waals surface area (Å²) in [5.74, 6) is 0. The Morgan fingerprint density at radius 1 is 0.840 bits per heavy atom. The van der Waals surface area contributed by atoms with Gasteiger partial charge in [0.05, 0.1) is 19.8 Å². The van der Waals surface area contributed by atoms with Crippen molar-refractivity contribution < 1.29 is 23.2 Å². The Bertz CT molecular complexity index is 347. The minimum absolute atomic E-state index is 0.0230. The van der Waals surface area contributed by atoms with Crippen LogP contribution in [0.1, 0.15) is 96.8 Å². The van der Waals surface area contributed by atoms with Gasteiger partial charge in [0, 0.05) is 0 Å². The highest BCUT2D eigenvalue weighted by Crippen LogP contribution is 2.44. The smallest absolute Gasteiger partial charge is 0.371 e. The second-order valence-electron chi connectivity index (χ2n) is 7.15. The van der Waals surface area contributed by atoms with Crippen LogP contribution in [0.15, 0.2) is 0 Å². The molecule has 1 fully saturated rings. The van der Waals surface area contributed by atoms with Crippen molar-refractivity contribution >= 4 is 7.82 Å². The number of phosphoric acid groups is 1. The molecule has 0 aromatic heterocycles. The summed E-state index contributed by atoms with van der Waals surface area (Å²) in [7, 11) is -3.87. The maximum atomic E-state index is 11.5. The number of hydrogen-bond acceptors (Lipinski definition) is 4. The van der Waals surface area contributed by atoms with Gasteiger partial charge < -0.3 is 9.63 Å². The number of phosphoric ester groups is 1. The summed E-state index contributed by atoms with van der Waals surface area (Å²) >= 11 is 0. The van der Waals surface area contributed by atoms with E-state index in [0.29, 0.717) is 6.61 Å². The zero-order valence-electron chi connectivity index (χ0n) is 16.1. The summed E-state index contributed by atoms with van der Waals surface area (Å²) in [6.07, 6.45) is 18.0. The van der Waals surface area contributed by atoms with Crippen LogP contribution in [-0.2, 0) is 18.3 Å². The maximum absolute atomic E-state index is 11.5. The van der Waals surface area contributed by atoms with Crippen LogP contribution in [0, 0.1) is 0 Å². The lowest BCUT2D eigenvalue weighted by Crippen LogP contribution is -2.02. The molecular weight excluding hydrogens is 339 g/mol. The van der Waals surface area contributed by atoms with Gasteiger partial charge in [-0.15, -0.1) is 0 Å². The Kier molecular flexibility index (Phi) is 14.0. The van der Waals surface area contributed by atoms with Crippen molar-refractivity contribution in [3.63, 3.8) is 0 Å². The molecule has 1 N–H and O–H groups in total. The maximum Gasteiger partial charge on any atom is 0.472 e. The van der Waals surface area contributed by atoms with Gasteiger partial charge in [-0.2, -0.15) is 0 Å². The molecule has 2 atom stereocenters. The molecule has 1 rings (SSSR count). The van der Waals surface area contributed by atoms with Gasteiger partial charge in [0.1, 0.15) is 6.10 Å². The predicted octanol–water partition coefficient (Wildman–Crippen LogP) is 6.00. The number of ether oxygens (including phenoxy) is 1. The summed E-state index contributed by atoms with van der Waals surface area (Å²) in [5, 5.41) is 0. The van der Waals surface area contributed by atoms with E-state index >= 15 is 0 Å². The Labute approximate surface area is 154 Å². The van der Waals surface area contributed by atoms with Crippen LogP contribution in [0.2, 0.25) is 0 Å². The van der Waals surface area contributed by atoms with E-state index in [1.54, 1.807) is 0 Å². The zero-order valence-corrected chi connectivity index (χ0v) is 17.0. The molecule has 6 heteroatoms. The van der Waals surface area contributed by atoms with E-state index in [0.717, 1.165) is 12.8 Å². The van der Waals surface area contributed by atoms with Crippen molar-refractivity contribution in [2.24, 2.45) is 0 Å². The standard InChI is InChI=1S/C19H39O5P/c1-2-3-4-5-6-7-8-9-10-11-12-13-14-15-16-23-25(20,21)24-18-19-17-22-19/h19H,2-18H2,1H3,(H,20,21). The van der Waals surface area contributed by atoms with E-state index in [1.165, 1.54) is 77.0 Å². The van der Waals surface area contributed by atoms with Crippen LogP contribution in [-0.4, -0.2) is 30.8 Å². The van der Waals surface area contributed by atoms with Gasteiger partial charge in [-0.05, 0) is 6.42 Å². The summed E-state index contributed by atoms with van der Waals surface area (Å²) < 4.78 is 26.2. The van der Waals surface area contributed by atoms with E-state index in [4.69, 9.17) is 13.8 Å². The third-order valence-electron chi connectivity index (χ3n) is 4.58. The lowest BCUT2D eigenvalue weighted by molar-refractivity contribution is 0.138. The van der Waals surface area contributed by atoms with Crippen LogP contribution in [0.4, 0.5) is 0 Å². The van der Waals surface area contributed by atoms with Crippen LogP contribution >= 0.6 is 7.82 Å². The monoisotopic (exact) mass is 378 g/mol. The first kappa shape index (κ1) is 23.1. The number of hydrogen-bond donors (Lipinski definition) is 1. The first-order chi connectivity index (χ1) is 12.1. The molecule has 0 aliphatic carbocycles. The molecule has 1 aliphatic heterocycles. The molecule has 25 heavy (non-hydrogen) atoms. The molecule has 1 heterocycles. The molecule has 0 aromatic carbocycles. The second kappa shape index (κ2) is 15.2. The molecule has 5 nitrogen and oxygen atoms in total. The lowest BCUT2D eigenvalue weighted by Gasteiger charge is -2.11. The number of unbranched alkanes of at least 4 members (excludes halogenated alkanes) is 13. The molecule has 150 valence electrons. The SMILES string of the molecule is CCCCCCCCCCCCCCCCOP(=O)(O)OCC1CO1. The second-order valence-corrected chi connectivity index (χ2v) is 8.60. The Morgan fingerprint density at radius 2 is 1.28 bits per heavy atom. The van der Waals surface area contributed by atoms with Crippen molar-refractivity contribution in [1.82, 2.24) is 0 Å². The predicted molar refractivity (Wildman–Crippen MR) is 102 cm³/mol. The number of rotatable bonds is 19. The fraction of sp³-hybridized carbons (Fsp3) is 1.00. The van der Waals surface area contributed by atoms with Crippen LogP contribution in [0.5, 0.6) is 0 Å². The zero-order chi connectivity index (χ0) is 18.2. The fourth-order valence-electron chi connectivity index (χ4n) is 2.86.